The summed E-state index contributed by atoms with van der Waals surface area (Å²) in [6, 6.07) is 5.15. The molecule has 26 heavy (non-hydrogen) atoms. The molecule has 138 valence electrons. The van der Waals surface area contributed by atoms with Gasteiger partial charge in [-0.2, -0.15) is 0 Å². The number of ether oxygens (including phenoxy) is 1. The van der Waals surface area contributed by atoms with Gasteiger partial charge in [0.1, 0.15) is 5.82 Å². The molecule has 2 aromatic rings. The largest absolute Gasteiger partial charge is 0.463 e. The molecule has 0 aromatic carbocycles. The molecule has 1 aliphatic heterocycles. The third kappa shape index (κ3) is 4.42. The van der Waals surface area contributed by atoms with Crippen LogP contribution in [0.2, 0.25) is 5.02 Å². The minimum Gasteiger partial charge on any atom is -0.463 e. The van der Waals surface area contributed by atoms with E-state index in [4.69, 9.17) is 20.8 Å². The number of esters is 1. The van der Waals surface area contributed by atoms with Crippen molar-refractivity contribution in [2.45, 2.75) is 19.4 Å². The molecule has 8 heteroatoms. The topological polar surface area (TPSA) is 84.7 Å². The number of furan rings is 1. The van der Waals surface area contributed by atoms with E-state index in [-0.39, 0.29) is 17.6 Å². The molecule has 2 aromatic heterocycles. The maximum Gasteiger partial charge on any atom is 0.374 e. The fourth-order valence-corrected chi connectivity index (χ4v) is 3.12. The summed E-state index contributed by atoms with van der Waals surface area (Å²) >= 11 is 5.79. The lowest BCUT2D eigenvalue weighted by Gasteiger charge is -2.31. The number of halogens is 1. The van der Waals surface area contributed by atoms with Crippen molar-refractivity contribution in [3.63, 3.8) is 0 Å². The molecule has 1 fully saturated rings. The second-order valence-corrected chi connectivity index (χ2v) is 6.60. The molecule has 1 aliphatic rings. The van der Waals surface area contributed by atoms with Crippen LogP contribution in [0.15, 0.2) is 35.1 Å². The van der Waals surface area contributed by atoms with Gasteiger partial charge in [-0.3, -0.25) is 9.69 Å². The average molecular weight is 378 g/mol. The number of amides is 1. The number of piperidine rings is 1. The van der Waals surface area contributed by atoms with Crippen LogP contribution >= 0.6 is 11.6 Å². The van der Waals surface area contributed by atoms with Crippen LogP contribution in [-0.2, 0) is 16.1 Å². The van der Waals surface area contributed by atoms with Crippen LogP contribution in [0.3, 0.4) is 0 Å². The first-order valence-electron chi connectivity index (χ1n) is 8.36. The standard InChI is InChI=1S/C18H20ClN3O4/c1-25-18(24)16-13(6-9-26-16)11-22-7-4-12(5-8-22)17(23)21-15-3-2-14(19)10-20-15/h2-3,6,9-10,12H,4-5,7-8,11H2,1H3,(H,20,21,23). The highest BCUT2D eigenvalue weighted by Gasteiger charge is 2.26. The van der Waals surface area contributed by atoms with Crippen LogP contribution in [-0.4, -0.2) is 42.0 Å². The number of carbonyl (C=O) groups excluding carboxylic acids is 2. The third-order valence-electron chi connectivity index (χ3n) is 4.45. The lowest BCUT2D eigenvalue weighted by Crippen LogP contribution is -2.38. The molecule has 1 N–H and O–H groups in total. The normalized spacial score (nSPS) is 15.6. The Morgan fingerprint density at radius 2 is 2.12 bits per heavy atom. The Bertz CT molecular complexity index is 767. The van der Waals surface area contributed by atoms with Gasteiger partial charge >= 0.3 is 5.97 Å². The van der Waals surface area contributed by atoms with Gasteiger partial charge < -0.3 is 14.5 Å². The number of hydrogen-bond donors (Lipinski definition) is 1. The van der Waals surface area contributed by atoms with Crippen LogP contribution in [0.5, 0.6) is 0 Å². The highest BCUT2D eigenvalue weighted by Crippen LogP contribution is 2.22. The number of anilines is 1. The summed E-state index contributed by atoms with van der Waals surface area (Å²) in [5, 5.41) is 3.36. The second-order valence-electron chi connectivity index (χ2n) is 6.17. The maximum atomic E-state index is 12.4. The number of rotatable bonds is 5. The van der Waals surface area contributed by atoms with Gasteiger partial charge in [0.15, 0.2) is 0 Å². The SMILES string of the molecule is COC(=O)c1occc1CN1CCC(C(=O)Nc2ccc(Cl)cn2)CC1. The fourth-order valence-electron chi connectivity index (χ4n) is 3.00. The average Bonchev–Trinajstić information content (AvgIpc) is 3.11. The van der Waals surface area contributed by atoms with Crippen molar-refractivity contribution in [2.24, 2.45) is 5.92 Å². The Morgan fingerprint density at radius 1 is 1.35 bits per heavy atom. The highest BCUT2D eigenvalue weighted by atomic mass is 35.5. The molecule has 1 amide bonds. The van der Waals surface area contributed by atoms with Crippen LogP contribution in [0.1, 0.15) is 29.0 Å². The van der Waals surface area contributed by atoms with Gasteiger partial charge in [-0.05, 0) is 44.1 Å². The Morgan fingerprint density at radius 3 is 2.77 bits per heavy atom. The Hall–Kier alpha value is -2.38. The zero-order valence-corrected chi connectivity index (χ0v) is 15.2. The molecule has 0 atom stereocenters. The number of likely N-dealkylation sites (tertiary alicyclic amines) is 1. The molecule has 0 unspecified atom stereocenters. The number of pyridine rings is 1. The van der Waals surface area contributed by atoms with Crippen LogP contribution in [0, 0.1) is 5.92 Å². The number of hydrogen-bond acceptors (Lipinski definition) is 6. The monoisotopic (exact) mass is 377 g/mol. The number of nitrogens with one attached hydrogen (secondary N) is 1. The minimum absolute atomic E-state index is 0.0296. The van der Waals surface area contributed by atoms with Gasteiger partial charge in [0, 0.05) is 24.2 Å². The fraction of sp³-hybridized carbons (Fsp3) is 0.389. The van der Waals surface area contributed by atoms with Crippen molar-refractivity contribution in [1.82, 2.24) is 9.88 Å². The molecular formula is C18H20ClN3O4. The van der Waals surface area contributed by atoms with E-state index in [1.54, 1.807) is 18.2 Å². The van der Waals surface area contributed by atoms with Gasteiger partial charge in [0.05, 0.1) is 18.4 Å². The third-order valence-corrected chi connectivity index (χ3v) is 4.67. The lowest BCUT2D eigenvalue weighted by molar-refractivity contribution is -0.121. The summed E-state index contributed by atoms with van der Waals surface area (Å²) in [7, 11) is 1.33. The van der Waals surface area contributed by atoms with Gasteiger partial charge in [-0.25, -0.2) is 9.78 Å². The summed E-state index contributed by atoms with van der Waals surface area (Å²) < 4.78 is 9.93. The Labute approximate surface area is 156 Å². The quantitative estimate of drug-likeness (QED) is 0.806. The van der Waals surface area contributed by atoms with E-state index in [1.807, 2.05) is 0 Å². The number of methoxy groups -OCH3 is 1. The van der Waals surface area contributed by atoms with Gasteiger partial charge in [-0.15, -0.1) is 0 Å². The minimum atomic E-state index is -0.477. The van der Waals surface area contributed by atoms with E-state index in [1.165, 1.54) is 19.6 Å². The molecule has 0 radical (unpaired) electrons. The van der Waals surface area contributed by atoms with Gasteiger partial charge in [-0.1, -0.05) is 11.6 Å². The summed E-state index contributed by atoms with van der Waals surface area (Å²) in [6.07, 6.45) is 4.47. The highest BCUT2D eigenvalue weighted by molar-refractivity contribution is 6.30. The van der Waals surface area contributed by atoms with Crippen molar-refractivity contribution in [3.05, 3.63) is 47.0 Å². The summed E-state index contributed by atoms with van der Waals surface area (Å²) in [5.41, 5.74) is 0.796. The number of aromatic nitrogens is 1. The molecule has 0 spiro atoms. The van der Waals surface area contributed by atoms with Crippen molar-refractivity contribution in [1.29, 1.82) is 0 Å². The van der Waals surface area contributed by atoms with Gasteiger partial charge in [0.25, 0.3) is 0 Å². The van der Waals surface area contributed by atoms with Crippen molar-refractivity contribution < 1.29 is 18.7 Å². The van der Waals surface area contributed by atoms with Crippen molar-refractivity contribution in [3.8, 4) is 0 Å². The first kappa shape index (κ1) is 18.4. The molecule has 3 rings (SSSR count). The van der Waals surface area contributed by atoms with E-state index in [9.17, 15) is 9.59 Å². The van der Waals surface area contributed by atoms with Crippen LogP contribution in [0.25, 0.3) is 0 Å². The van der Waals surface area contributed by atoms with Gasteiger partial charge in [0.2, 0.25) is 11.7 Å². The number of nitrogens with zero attached hydrogens (tertiary/aromatic N) is 2. The van der Waals surface area contributed by atoms with E-state index in [2.05, 4.69) is 15.2 Å². The number of carbonyl (C=O) groups is 2. The van der Waals surface area contributed by atoms with E-state index < -0.39 is 5.97 Å². The molecule has 7 nitrogen and oxygen atoms in total. The summed E-state index contributed by atoms with van der Waals surface area (Å²) in [5.74, 6) is 0.171. The summed E-state index contributed by atoms with van der Waals surface area (Å²) in [4.78, 5) is 30.3. The molecule has 3 heterocycles. The lowest BCUT2D eigenvalue weighted by atomic mass is 9.95. The van der Waals surface area contributed by atoms with Crippen molar-refractivity contribution >= 4 is 29.3 Å². The molecule has 0 aliphatic carbocycles. The van der Waals surface area contributed by atoms with Crippen LogP contribution < -0.4 is 5.32 Å². The van der Waals surface area contributed by atoms with E-state index in [0.29, 0.717) is 17.4 Å². The first-order chi connectivity index (χ1) is 12.6. The predicted molar refractivity (Wildman–Crippen MR) is 95.9 cm³/mol. The first-order valence-corrected chi connectivity index (χ1v) is 8.74. The second kappa shape index (κ2) is 8.33. The Balaban J connectivity index is 1.51. The zero-order chi connectivity index (χ0) is 18.5. The zero-order valence-electron chi connectivity index (χ0n) is 14.4. The van der Waals surface area contributed by atoms with E-state index in [0.717, 1.165) is 31.5 Å². The maximum absolute atomic E-state index is 12.4. The van der Waals surface area contributed by atoms with E-state index >= 15 is 0 Å². The molecule has 0 bridgehead atoms. The smallest absolute Gasteiger partial charge is 0.374 e. The molecular weight excluding hydrogens is 358 g/mol. The Kier molecular flexibility index (Phi) is 5.90. The predicted octanol–water partition coefficient (Wildman–Crippen LogP) is 2.97. The molecule has 1 saturated heterocycles. The van der Waals surface area contributed by atoms with Crippen LogP contribution in [0.4, 0.5) is 5.82 Å². The molecule has 0 saturated carbocycles. The van der Waals surface area contributed by atoms with Crippen molar-refractivity contribution in [2.75, 3.05) is 25.5 Å². The summed E-state index contributed by atoms with van der Waals surface area (Å²) in [6.45, 7) is 2.11.